The highest BCUT2D eigenvalue weighted by atomic mass is 35.5. The number of amides is 1. The molecule has 1 rings (SSSR count). The summed E-state index contributed by atoms with van der Waals surface area (Å²) in [6.45, 7) is 5.20. The van der Waals surface area contributed by atoms with E-state index in [2.05, 4.69) is 24.1 Å². The third-order valence-electron chi connectivity index (χ3n) is 2.58. The summed E-state index contributed by atoms with van der Waals surface area (Å²) >= 11 is 7.16. The Morgan fingerprint density at radius 1 is 1.50 bits per heavy atom. The van der Waals surface area contributed by atoms with Gasteiger partial charge in [-0.25, -0.2) is 4.98 Å². The number of nitrogens with one attached hydrogen (secondary N) is 1. The van der Waals surface area contributed by atoms with Gasteiger partial charge in [0.15, 0.2) is 0 Å². The molecule has 0 fully saturated rings. The Hall–Kier alpha value is -0.610. The molecule has 0 aromatic carbocycles. The monoisotopic (exact) mass is 288 g/mol. The van der Waals surface area contributed by atoms with Crippen molar-refractivity contribution in [2.24, 2.45) is 5.92 Å². The van der Waals surface area contributed by atoms with E-state index in [0.29, 0.717) is 12.3 Å². The minimum absolute atomic E-state index is 0.0509. The number of hydrogen-bond donors (Lipinski definition) is 1. The van der Waals surface area contributed by atoms with Gasteiger partial charge >= 0.3 is 0 Å². The van der Waals surface area contributed by atoms with E-state index < -0.39 is 0 Å². The molecule has 1 amide bonds. The van der Waals surface area contributed by atoms with Crippen LogP contribution in [0.15, 0.2) is 5.38 Å². The lowest BCUT2D eigenvalue weighted by atomic mass is 10.1. The molecule has 3 nitrogen and oxygen atoms in total. The summed E-state index contributed by atoms with van der Waals surface area (Å²) in [7, 11) is 0. The molecule has 18 heavy (non-hydrogen) atoms. The summed E-state index contributed by atoms with van der Waals surface area (Å²) < 4.78 is 0. The topological polar surface area (TPSA) is 42.0 Å². The molecule has 1 aromatic rings. The minimum Gasteiger partial charge on any atom is -0.356 e. The molecule has 5 heteroatoms. The highest BCUT2D eigenvalue weighted by molar-refractivity contribution is 7.09. The van der Waals surface area contributed by atoms with Crippen molar-refractivity contribution in [2.75, 3.05) is 6.54 Å². The third-order valence-corrected chi connectivity index (χ3v) is 3.75. The van der Waals surface area contributed by atoms with Crippen LogP contribution in [0.25, 0.3) is 0 Å². The van der Waals surface area contributed by atoms with Gasteiger partial charge in [0.1, 0.15) is 5.01 Å². The van der Waals surface area contributed by atoms with E-state index >= 15 is 0 Å². The second-order valence-corrected chi connectivity index (χ2v) is 5.99. The lowest BCUT2D eigenvalue weighted by Gasteiger charge is -2.05. The molecule has 0 bridgehead atoms. The number of carbonyl (C=O) groups is 1. The van der Waals surface area contributed by atoms with Crippen LogP contribution >= 0.6 is 22.9 Å². The highest BCUT2D eigenvalue weighted by Gasteiger charge is 2.07. The van der Waals surface area contributed by atoms with Crippen molar-refractivity contribution < 1.29 is 4.79 Å². The Bertz CT molecular complexity index is 366. The van der Waals surface area contributed by atoms with Gasteiger partial charge < -0.3 is 5.32 Å². The smallest absolute Gasteiger partial charge is 0.226 e. The zero-order chi connectivity index (χ0) is 13.4. The number of alkyl halides is 1. The normalized spacial score (nSPS) is 10.9. The van der Waals surface area contributed by atoms with Gasteiger partial charge in [-0.15, -0.1) is 22.9 Å². The van der Waals surface area contributed by atoms with E-state index in [0.717, 1.165) is 29.6 Å². The van der Waals surface area contributed by atoms with Gasteiger partial charge in [0.05, 0.1) is 18.0 Å². The average Bonchev–Trinajstić information content (AvgIpc) is 2.76. The van der Waals surface area contributed by atoms with E-state index in [9.17, 15) is 4.79 Å². The van der Waals surface area contributed by atoms with Crippen LogP contribution in [0, 0.1) is 5.92 Å². The number of carbonyl (C=O) groups excluding carboxylic acids is 1. The van der Waals surface area contributed by atoms with Gasteiger partial charge in [-0.3, -0.25) is 4.79 Å². The summed E-state index contributed by atoms with van der Waals surface area (Å²) in [4.78, 5) is 15.9. The molecule has 0 aliphatic carbocycles. The van der Waals surface area contributed by atoms with Crippen molar-refractivity contribution in [1.82, 2.24) is 10.3 Å². The fraction of sp³-hybridized carbons (Fsp3) is 0.692. The molecular weight excluding hydrogens is 268 g/mol. The standard InChI is InChI=1S/C13H21ClN2OS/c1-10(2)5-3-4-6-15-12(17)7-13-16-11(8-14)9-18-13/h9-10H,3-8H2,1-2H3,(H,15,17). The summed E-state index contributed by atoms with van der Waals surface area (Å²) in [5, 5.41) is 5.67. The van der Waals surface area contributed by atoms with Gasteiger partial charge in [-0.1, -0.05) is 26.7 Å². The zero-order valence-corrected chi connectivity index (χ0v) is 12.6. The van der Waals surface area contributed by atoms with Crippen LogP contribution in [0.1, 0.15) is 43.8 Å². The Balaban J connectivity index is 2.13. The molecule has 0 spiro atoms. The van der Waals surface area contributed by atoms with Gasteiger partial charge in [-0.2, -0.15) is 0 Å². The minimum atomic E-state index is 0.0509. The fourth-order valence-electron chi connectivity index (χ4n) is 1.60. The van der Waals surface area contributed by atoms with Gasteiger partial charge in [0, 0.05) is 11.9 Å². The first-order chi connectivity index (χ1) is 8.61. The molecule has 0 atom stereocenters. The molecule has 0 unspecified atom stereocenters. The van der Waals surface area contributed by atoms with Crippen LogP contribution in [0.3, 0.4) is 0 Å². The number of halogens is 1. The summed E-state index contributed by atoms with van der Waals surface area (Å²) in [5.74, 6) is 1.20. The number of hydrogen-bond acceptors (Lipinski definition) is 3. The van der Waals surface area contributed by atoms with Crippen LogP contribution in [-0.2, 0) is 17.1 Å². The SMILES string of the molecule is CC(C)CCCCNC(=O)Cc1nc(CCl)cs1. The first-order valence-corrected chi connectivity index (χ1v) is 7.79. The summed E-state index contributed by atoms with van der Waals surface area (Å²) in [6.07, 6.45) is 3.81. The molecule has 1 N–H and O–H groups in total. The molecule has 102 valence electrons. The quantitative estimate of drug-likeness (QED) is 0.589. The van der Waals surface area contributed by atoms with Crippen molar-refractivity contribution in [2.45, 2.75) is 45.4 Å². The molecular formula is C13H21ClN2OS. The van der Waals surface area contributed by atoms with Crippen molar-refractivity contribution in [3.63, 3.8) is 0 Å². The number of nitrogens with zero attached hydrogens (tertiary/aromatic N) is 1. The zero-order valence-electron chi connectivity index (χ0n) is 11.0. The van der Waals surface area contributed by atoms with Crippen LogP contribution in [0.5, 0.6) is 0 Å². The maximum Gasteiger partial charge on any atom is 0.226 e. The number of rotatable bonds is 8. The molecule has 0 aliphatic heterocycles. The molecule has 1 aromatic heterocycles. The summed E-state index contributed by atoms with van der Waals surface area (Å²) in [6, 6.07) is 0. The van der Waals surface area contributed by atoms with Gasteiger partial charge in [0.25, 0.3) is 0 Å². The lowest BCUT2D eigenvalue weighted by molar-refractivity contribution is -0.120. The van der Waals surface area contributed by atoms with Crippen molar-refractivity contribution >= 4 is 28.8 Å². The third kappa shape index (κ3) is 6.36. The summed E-state index contributed by atoms with van der Waals surface area (Å²) in [5.41, 5.74) is 0.849. The first kappa shape index (κ1) is 15.4. The number of aromatic nitrogens is 1. The predicted molar refractivity (Wildman–Crippen MR) is 77.1 cm³/mol. The van der Waals surface area contributed by atoms with Crippen LogP contribution in [0.4, 0.5) is 0 Å². The Morgan fingerprint density at radius 3 is 2.89 bits per heavy atom. The van der Waals surface area contributed by atoms with E-state index in [1.807, 2.05) is 5.38 Å². The van der Waals surface area contributed by atoms with Crippen LogP contribution in [-0.4, -0.2) is 17.4 Å². The predicted octanol–water partition coefficient (Wildman–Crippen LogP) is 3.37. The molecule has 0 aliphatic rings. The first-order valence-electron chi connectivity index (χ1n) is 6.37. The number of thiazole rings is 1. The molecule has 0 radical (unpaired) electrons. The van der Waals surface area contributed by atoms with Gasteiger partial charge in [-0.05, 0) is 12.3 Å². The molecule has 0 saturated carbocycles. The van der Waals surface area contributed by atoms with Crippen molar-refractivity contribution in [3.8, 4) is 0 Å². The van der Waals surface area contributed by atoms with E-state index in [1.54, 1.807) is 0 Å². The van der Waals surface area contributed by atoms with Crippen LogP contribution in [0.2, 0.25) is 0 Å². The lowest BCUT2D eigenvalue weighted by Crippen LogP contribution is -2.26. The Kier molecular flexibility index (Phi) is 7.28. The highest BCUT2D eigenvalue weighted by Crippen LogP contribution is 2.12. The fourth-order valence-corrected chi connectivity index (χ4v) is 2.62. The van der Waals surface area contributed by atoms with E-state index in [-0.39, 0.29) is 5.91 Å². The largest absolute Gasteiger partial charge is 0.356 e. The average molecular weight is 289 g/mol. The van der Waals surface area contributed by atoms with E-state index in [4.69, 9.17) is 11.6 Å². The Morgan fingerprint density at radius 2 is 2.28 bits per heavy atom. The maximum absolute atomic E-state index is 11.6. The van der Waals surface area contributed by atoms with Gasteiger partial charge in [0.2, 0.25) is 5.91 Å². The second kappa shape index (κ2) is 8.48. The van der Waals surface area contributed by atoms with Crippen LogP contribution < -0.4 is 5.32 Å². The Labute approximate surface area is 118 Å². The number of unbranched alkanes of at least 4 members (excludes halogenated alkanes) is 1. The maximum atomic E-state index is 11.6. The molecule has 1 heterocycles. The van der Waals surface area contributed by atoms with E-state index in [1.165, 1.54) is 24.2 Å². The van der Waals surface area contributed by atoms with Crippen molar-refractivity contribution in [1.29, 1.82) is 0 Å². The second-order valence-electron chi connectivity index (χ2n) is 4.78. The van der Waals surface area contributed by atoms with Crippen molar-refractivity contribution in [3.05, 3.63) is 16.1 Å². The molecule has 0 saturated heterocycles.